The van der Waals surface area contributed by atoms with Gasteiger partial charge in [-0.2, -0.15) is 0 Å². The van der Waals surface area contributed by atoms with Gasteiger partial charge in [0.2, 0.25) is 0 Å². The predicted octanol–water partition coefficient (Wildman–Crippen LogP) is 6.26. The monoisotopic (exact) mass is 421 g/mol. The van der Waals surface area contributed by atoms with E-state index in [-0.39, 0.29) is 5.82 Å². The van der Waals surface area contributed by atoms with Gasteiger partial charge in [0.15, 0.2) is 0 Å². The third kappa shape index (κ3) is 4.01. The molecule has 156 valence electrons. The minimum absolute atomic E-state index is 0.338. The van der Waals surface area contributed by atoms with Gasteiger partial charge in [-0.25, -0.2) is 14.4 Å². The van der Waals surface area contributed by atoms with E-state index in [1.165, 1.54) is 6.07 Å². The Morgan fingerprint density at radius 1 is 0.719 bits per heavy atom. The van der Waals surface area contributed by atoms with E-state index in [1.807, 2.05) is 66.7 Å². The zero-order chi connectivity index (χ0) is 21.9. The summed E-state index contributed by atoms with van der Waals surface area (Å²) in [7, 11) is 0. The minimum atomic E-state index is -0.338. The lowest BCUT2D eigenvalue weighted by Crippen LogP contribution is -1.99. The molecule has 0 radical (unpaired) electrons. The molecule has 2 N–H and O–H groups in total. The van der Waals surface area contributed by atoms with Crippen LogP contribution >= 0.6 is 0 Å². The van der Waals surface area contributed by atoms with E-state index in [0.717, 1.165) is 33.5 Å². The summed E-state index contributed by atoms with van der Waals surface area (Å²) in [6, 6.07) is 29.8. The van der Waals surface area contributed by atoms with Gasteiger partial charge in [0, 0.05) is 16.5 Å². The summed E-state index contributed by atoms with van der Waals surface area (Å²) in [4.78, 5) is 9.04. The zero-order valence-corrected chi connectivity index (χ0v) is 17.2. The van der Waals surface area contributed by atoms with E-state index >= 15 is 0 Å². The van der Waals surface area contributed by atoms with Gasteiger partial charge in [-0.15, -0.1) is 0 Å². The fraction of sp³-hybridized carbons (Fsp3) is 0.0370. The normalized spacial score (nSPS) is 10.9. The zero-order valence-electron chi connectivity index (χ0n) is 17.2. The summed E-state index contributed by atoms with van der Waals surface area (Å²) >= 11 is 0. The molecule has 0 unspecified atom stereocenters. The van der Waals surface area contributed by atoms with Gasteiger partial charge in [-0.05, 0) is 54.1 Å². The first kappa shape index (κ1) is 19.7. The van der Waals surface area contributed by atoms with Crippen molar-refractivity contribution in [3.63, 3.8) is 0 Å². The summed E-state index contributed by atoms with van der Waals surface area (Å²) in [6.07, 6.45) is 0. The SMILES string of the molecule is Nc1ccc(-c2ccc(OCc3ccc4ccccc4n3)cc2)c(-c2ccccc2F)n1. The highest BCUT2D eigenvalue weighted by molar-refractivity contribution is 5.82. The number of fused-ring (bicyclic) bond motifs is 1. The standard InChI is InChI=1S/C27H20FN3O/c28-24-7-3-2-6-23(24)27-22(15-16-26(29)31-27)18-10-13-21(14-11-18)32-17-20-12-9-19-5-1-4-8-25(19)30-20/h1-16H,17H2,(H2,29,31). The summed E-state index contributed by atoms with van der Waals surface area (Å²) in [5, 5.41) is 1.10. The van der Waals surface area contributed by atoms with Crippen LogP contribution in [-0.4, -0.2) is 9.97 Å². The van der Waals surface area contributed by atoms with Gasteiger partial charge in [0.1, 0.15) is 24.0 Å². The van der Waals surface area contributed by atoms with Gasteiger partial charge in [-0.3, -0.25) is 0 Å². The van der Waals surface area contributed by atoms with Gasteiger partial charge >= 0.3 is 0 Å². The van der Waals surface area contributed by atoms with Crippen LogP contribution in [0.15, 0.2) is 97.1 Å². The highest BCUT2D eigenvalue weighted by atomic mass is 19.1. The highest BCUT2D eigenvalue weighted by Gasteiger charge is 2.13. The van der Waals surface area contributed by atoms with Crippen molar-refractivity contribution in [1.82, 2.24) is 9.97 Å². The van der Waals surface area contributed by atoms with Crippen LogP contribution in [0, 0.1) is 5.82 Å². The molecule has 0 amide bonds. The largest absolute Gasteiger partial charge is 0.487 e. The molecule has 0 saturated heterocycles. The molecule has 3 aromatic carbocycles. The first-order chi connectivity index (χ1) is 15.7. The molecular formula is C27H20FN3O. The Bertz CT molecular complexity index is 1400. The number of nitrogens with two attached hydrogens (primary N) is 1. The topological polar surface area (TPSA) is 61.0 Å². The smallest absolute Gasteiger partial charge is 0.132 e. The molecule has 0 fully saturated rings. The number of hydrogen-bond donors (Lipinski definition) is 1. The Labute approximate surface area is 185 Å². The number of halogens is 1. The van der Waals surface area contributed by atoms with Crippen molar-refractivity contribution in [2.45, 2.75) is 6.61 Å². The number of anilines is 1. The molecule has 0 spiro atoms. The molecule has 0 atom stereocenters. The molecule has 2 heterocycles. The number of hydrogen-bond acceptors (Lipinski definition) is 4. The molecule has 32 heavy (non-hydrogen) atoms. The van der Waals surface area contributed by atoms with Crippen LogP contribution in [0.3, 0.4) is 0 Å². The number of nitrogen functional groups attached to an aromatic ring is 1. The second-order valence-corrected chi connectivity index (χ2v) is 7.42. The summed E-state index contributed by atoms with van der Waals surface area (Å²) in [5.74, 6) is 0.726. The summed E-state index contributed by atoms with van der Waals surface area (Å²) in [6.45, 7) is 0.369. The Balaban J connectivity index is 1.38. The maximum atomic E-state index is 14.4. The van der Waals surface area contributed by atoms with Crippen LogP contribution in [0.1, 0.15) is 5.69 Å². The Morgan fingerprint density at radius 3 is 2.34 bits per heavy atom. The van der Waals surface area contributed by atoms with Gasteiger partial charge in [-0.1, -0.05) is 48.5 Å². The number of aromatic nitrogens is 2. The molecule has 2 aromatic heterocycles. The Hall–Kier alpha value is -4.25. The molecule has 0 aliphatic carbocycles. The summed E-state index contributed by atoms with van der Waals surface area (Å²) < 4.78 is 20.3. The van der Waals surface area contributed by atoms with Crippen LogP contribution in [0.25, 0.3) is 33.3 Å². The van der Waals surface area contributed by atoms with Crippen molar-refractivity contribution >= 4 is 16.7 Å². The Kier molecular flexibility index (Phi) is 5.22. The third-order valence-corrected chi connectivity index (χ3v) is 5.25. The van der Waals surface area contributed by atoms with E-state index < -0.39 is 0 Å². The van der Waals surface area contributed by atoms with E-state index in [0.29, 0.717) is 23.7 Å². The number of benzene rings is 3. The molecule has 5 rings (SSSR count). The van der Waals surface area contributed by atoms with Crippen molar-refractivity contribution in [1.29, 1.82) is 0 Å². The van der Waals surface area contributed by atoms with Crippen molar-refractivity contribution in [3.8, 4) is 28.1 Å². The van der Waals surface area contributed by atoms with Crippen LogP contribution < -0.4 is 10.5 Å². The Morgan fingerprint density at radius 2 is 1.50 bits per heavy atom. The second-order valence-electron chi connectivity index (χ2n) is 7.42. The van der Waals surface area contributed by atoms with Crippen molar-refractivity contribution in [2.24, 2.45) is 0 Å². The number of rotatable bonds is 5. The predicted molar refractivity (Wildman–Crippen MR) is 126 cm³/mol. The lowest BCUT2D eigenvalue weighted by atomic mass is 9.99. The highest BCUT2D eigenvalue weighted by Crippen LogP contribution is 2.33. The fourth-order valence-electron chi connectivity index (χ4n) is 3.64. The first-order valence-corrected chi connectivity index (χ1v) is 10.3. The lowest BCUT2D eigenvalue weighted by molar-refractivity contribution is 0.302. The molecule has 4 nitrogen and oxygen atoms in total. The molecule has 5 aromatic rings. The molecule has 0 aliphatic heterocycles. The second kappa shape index (κ2) is 8.47. The van der Waals surface area contributed by atoms with Crippen molar-refractivity contribution < 1.29 is 9.13 Å². The molecule has 0 bridgehead atoms. The molecule has 0 aliphatic rings. The van der Waals surface area contributed by atoms with Crippen molar-refractivity contribution in [3.05, 3.63) is 109 Å². The van der Waals surface area contributed by atoms with Gasteiger partial charge in [0.25, 0.3) is 0 Å². The van der Waals surface area contributed by atoms with E-state index in [4.69, 9.17) is 10.5 Å². The number of para-hydroxylation sites is 1. The van der Waals surface area contributed by atoms with Crippen LogP contribution in [0.2, 0.25) is 0 Å². The maximum absolute atomic E-state index is 14.4. The lowest BCUT2D eigenvalue weighted by Gasteiger charge is -2.12. The maximum Gasteiger partial charge on any atom is 0.132 e. The first-order valence-electron chi connectivity index (χ1n) is 10.3. The molecule has 5 heteroatoms. The average Bonchev–Trinajstić information content (AvgIpc) is 2.83. The number of pyridine rings is 2. The third-order valence-electron chi connectivity index (χ3n) is 5.25. The van der Waals surface area contributed by atoms with Crippen LogP contribution in [-0.2, 0) is 6.61 Å². The minimum Gasteiger partial charge on any atom is -0.487 e. The summed E-state index contributed by atoms with van der Waals surface area (Å²) in [5.41, 5.74) is 10.3. The number of nitrogens with zero attached hydrogens (tertiary/aromatic N) is 2. The van der Waals surface area contributed by atoms with Crippen molar-refractivity contribution in [2.75, 3.05) is 5.73 Å². The molecule has 0 saturated carbocycles. The van der Waals surface area contributed by atoms with Gasteiger partial charge in [0.05, 0.1) is 16.9 Å². The fourth-order valence-corrected chi connectivity index (χ4v) is 3.64. The quantitative estimate of drug-likeness (QED) is 0.364. The van der Waals surface area contributed by atoms with Gasteiger partial charge < -0.3 is 10.5 Å². The van der Waals surface area contributed by atoms with Crippen LogP contribution in [0.5, 0.6) is 5.75 Å². The molecular weight excluding hydrogens is 401 g/mol. The average molecular weight is 421 g/mol. The van der Waals surface area contributed by atoms with E-state index in [1.54, 1.807) is 24.3 Å². The number of ether oxygens (including phenoxy) is 1. The van der Waals surface area contributed by atoms with Crippen LogP contribution in [0.4, 0.5) is 10.2 Å². The van der Waals surface area contributed by atoms with E-state index in [9.17, 15) is 4.39 Å². The van der Waals surface area contributed by atoms with E-state index in [2.05, 4.69) is 9.97 Å².